The molecule has 1 rings (SSSR count). The molecule has 1 aromatic carbocycles. The summed E-state index contributed by atoms with van der Waals surface area (Å²) in [4.78, 5) is 21.4. The van der Waals surface area contributed by atoms with Crippen LogP contribution in [-0.4, -0.2) is 23.6 Å². The lowest BCUT2D eigenvalue weighted by Crippen LogP contribution is -2.09. The molecule has 2 N–H and O–H groups in total. The van der Waals surface area contributed by atoms with Crippen molar-refractivity contribution >= 4 is 17.6 Å². The van der Waals surface area contributed by atoms with Crippen molar-refractivity contribution in [1.29, 1.82) is 0 Å². The lowest BCUT2D eigenvalue weighted by molar-refractivity contribution is -0.137. The van der Waals surface area contributed by atoms with Gasteiger partial charge in [0.15, 0.2) is 0 Å². The van der Waals surface area contributed by atoms with Gasteiger partial charge in [0.1, 0.15) is 5.75 Å². The molecule has 5 nitrogen and oxygen atoms in total. The van der Waals surface area contributed by atoms with Crippen LogP contribution in [-0.2, 0) is 9.59 Å². The Bertz CT molecular complexity index is 386. The largest absolute Gasteiger partial charge is 0.493 e. The second kappa shape index (κ2) is 6.52. The van der Waals surface area contributed by atoms with Crippen molar-refractivity contribution < 1.29 is 19.4 Å². The molecule has 0 aliphatic carbocycles. The predicted octanol–water partition coefficient (Wildman–Crippen LogP) is 1.89. The zero-order valence-corrected chi connectivity index (χ0v) is 9.60. The van der Waals surface area contributed by atoms with Crippen LogP contribution in [0.5, 0.6) is 5.75 Å². The average Bonchev–Trinajstić information content (AvgIpc) is 2.31. The molecule has 0 fully saturated rings. The molecular formula is C12H15NO4. The summed E-state index contributed by atoms with van der Waals surface area (Å²) < 4.78 is 5.21. The highest BCUT2D eigenvalue weighted by Crippen LogP contribution is 2.15. The number of carbonyl (C=O) groups excluding carboxylic acids is 1. The standard InChI is InChI=1S/C12H15NO4/c1-2-11(14)13-9-3-5-10(6-4-9)17-8-7-12(15)16/h3-6H,2,7-8H2,1H3,(H,13,14)(H,15,16). The first-order chi connectivity index (χ1) is 8.11. The quantitative estimate of drug-likeness (QED) is 0.792. The fourth-order valence-corrected chi connectivity index (χ4v) is 1.14. The van der Waals surface area contributed by atoms with E-state index in [-0.39, 0.29) is 18.9 Å². The van der Waals surface area contributed by atoms with Gasteiger partial charge >= 0.3 is 5.97 Å². The highest BCUT2D eigenvalue weighted by atomic mass is 16.5. The van der Waals surface area contributed by atoms with E-state index >= 15 is 0 Å². The number of hydrogen-bond donors (Lipinski definition) is 2. The first-order valence-corrected chi connectivity index (χ1v) is 5.36. The molecule has 0 heterocycles. The highest BCUT2D eigenvalue weighted by molar-refractivity contribution is 5.90. The lowest BCUT2D eigenvalue weighted by Gasteiger charge is -2.06. The van der Waals surface area contributed by atoms with E-state index in [0.29, 0.717) is 17.9 Å². The number of rotatable bonds is 6. The highest BCUT2D eigenvalue weighted by Gasteiger charge is 2.00. The Morgan fingerprint density at radius 1 is 1.29 bits per heavy atom. The average molecular weight is 237 g/mol. The molecule has 92 valence electrons. The van der Waals surface area contributed by atoms with Crippen LogP contribution in [0.4, 0.5) is 5.69 Å². The number of amides is 1. The van der Waals surface area contributed by atoms with Gasteiger partial charge in [-0.1, -0.05) is 6.92 Å². The van der Waals surface area contributed by atoms with Gasteiger partial charge in [0.05, 0.1) is 13.0 Å². The molecule has 0 aliphatic rings. The summed E-state index contributed by atoms with van der Waals surface area (Å²) in [5, 5.41) is 11.1. The lowest BCUT2D eigenvalue weighted by atomic mass is 10.3. The number of anilines is 1. The van der Waals surface area contributed by atoms with Crippen molar-refractivity contribution in [2.45, 2.75) is 19.8 Å². The Morgan fingerprint density at radius 2 is 1.94 bits per heavy atom. The van der Waals surface area contributed by atoms with Crippen LogP contribution in [0.3, 0.4) is 0 Å². The van der Waals surface area contributed by atoms with Crippen molar-refractivity contribution in [2.75, 3.05) is 11.9 Å². The summed E-state index contributed by atoms with van der Waals surface area (Å²) in [5.74, 6) is -0.359. The minimum Gasteiger partial charge on any atom is -0.493 e. The van der Waals surface area contributed by atoms with Gasteiger partial charge in [-0.3, -0.25) is 9.59 Å². The Labute approximate surface area is 99.4 Å². The Kier molecular flexibility index (Phi) is 5.00. The number of carboxylic acid groups (broad SMARTS) is 1. The molecule has 1 aromatic rings. The topological polar surface area (TPSA) is 75.6 Å². The van der Waals surface area contributed by atoms with E-state index in [1.807, 2.05) is 0 Å². The van der Waals surface area contributed by atoms with Gasteiger partial charge in [-0.2, -0.15) is 0 Å². The summed E-state index contributed by atoms with van der Waals surface area (Å²) in [6, 6.07) is 6.80. The summed E-state index contributed by atoms with van der Waals surface area (Å²) in [6.07, 6.45) is 0.394. The molecule has 0 radical (unpaired) electrons. The van der Waals surface area contributed by atoms with Gasteiger partial charge in [0.2, 0.25) is 5.91 Å². The van der Waals surface area contributed by atoms with Gasteiger partial charge < -0.3 is 15.2 Å². The van der Waals surface area contributed by atoms with Crippen LogP contribution in [0.1, 0.15) is 19.8 Å². The monoisotopic (exact) mass is 237 g/mol. The maximum absolute atomic E-state index is 11.1. The van der Waals surface area contributed by atoms with E-state index in [1.165, 1.54) is 0 Å². The molecule has 17 heavy (non-hydrogen) atoms. The number of nitrogens with one attached hydrogen (secondary N) is 1. The molecule has 0 bridgehead atoms. The zero-order valence-electron chi connectivity index (χ0n) is 9.60. The van der Waals surface area contributed by atoms with Crippen molar-refractivity contribution in [3.63, 3.8) is 0 Å². The molecule has 0 aromatic heterocycles. The van der Waals surface area contributed by atoms with Crippen molar-refractivity contribution in [1.82, 2.24) is 0 Å². The maximum atomic E-state index is 11.1. The summed E-state index contributed by atoms with van der Waals surface area (Å²) in [7, 11) is 0. The smallest absolute Gasteiger partial charge is 0.306 e. The number of aliphatic carboxylic acids is 1. The molecule has 0 saturated carbocycles. The Morgan fingerprint density at radius 3 is 2.47 bits per heavy atom. The fourth-order valence-electron chi connectivity index (χ4n) is 1.14. The Balaban J connectivity index is 2.44. The van der Waals surface area contributed by atoms with Gasteiger partial charge in [-0.05, 0) is 24.3 Å². The molecule has 5 heteroatoms. The van der Waals surface area contributed by atoms with E-state index in [9.17, 15) is 9.59 Å². The Hall–Kier alpha value is -2.04. The minimum absolute atomic E-state index is 0.0334. The molecular weight excluding hydrogens is 222 g/mol. The second-order valence-electron chi connectivity index (χ2n) is 3.42. The van der Waals surface area contributed by atoms with Crippen molar-refractivity contribution in [3.8, 4) is 5.75 Å². The molecule has 1 amide bonds. The third-order valence-corrected chi connectivity index (χ3v) is 2.04. The van der Waals surface area contributed by atoms with E-state index in [4.69, 9.17) is 9.84 Å². The van der Waals surface area contributed by atoms with E-state index in [1.54, 1.807) is 31.2 Å². The molecule has 0 aliphatic heterocycles. The summed E-state index contributed by atoms with van der Waals surface area (Å²) in [6.45, 7) is 1.91. The predicted molar refractivity (Wildman–Crippen MR) is 63.1 cm³/mol. The third-order valence-electron chi connectivity index (χ3n) is 2.04. The SMILES string of the molecule is CCC(=O)Nc1ccc(OCCC(=O)O)cc1. The first-order valence-electron chi connectivity index (χ1n) is 5.36. The van der Waals surface area contributed by atoms with Crippen LogP contribution in [0, 0.1) is 0 Å². The fraction of sp³-hybridized carbons (Fsp3) is 0.333. The number of hydrogen-bond acceptors (Lipinski definition) is 3. The minimum atomic E-state index is -0.892. The van der Waals surface area contributed by atoms with Crippen LogP contribution >= 0.6 is 0 Å². The number of carboxylic acids is 1. The molecule has 0 unspecified atom stereocenters. The molecule has 0 atom stereocenters. The van der Waals surface area contributed by atoms with Crippen LogP contribution in [0.25, 0.3) is 0 Å². The van der Waals surface area contributed by atoms with Crippen LogP contribution < -0.4 is 10.1 Å². The first kappa shape index (κ1) is 13.0. The van der Waals surface area contributed by atoms with Crippen LogP contribution in [0.2, 0.25) is 0 Å². The zero-order chi connectivity index (χ0) is 12.7. The van der Waals surface area contributed by atoms with Crippen molar-refractivity contribution in [2.24, 2.45) is 0 Å². The van der Waals surface area contributed by atoms with Gasteiger partial charge in [-0.15, -0.1) is 0 Å². The van der Waals surface area contributed by atoms with E-state index in [0.717, 1.165) is 0 Å². The summed E-state index contributed by atoms with van der Waals surface area (Å²) >= 11 is 0. The van der Waals surface area contributed by atoms with Gasteiger partial charge in [0.25, 0.3) is 0 Å². The maximum Gasteiger partial charge on any atom is 0.306 e. The van der Waals surface area contributed by atoms with Gasteiger partial charge in [0, 0.05) is 12.1 Å². The number of benzene rings is 1. The molecule has 0 spiro atoms. The van der Waals surface area contributed by atoms with E-state index in [2.05, 4.69) is 5.32 Å². The van der Waals surface area contributed by atoms with Crippen LogP contribution in [0.15, 0.2) is 24.3 Å². The number of ether oxygens (including phenoxy) is 1. The normalized spacial score (nSPS) is 9.71. The number of carbonyl (C=O) groups is 2. The third kappa shape index (κ3) is 5.01. The van der Waals surface area contributed by atoms with Crippen molar-refractivity contribution in [3.05, 3.63) is 24.3 Å². The van der Waals surface area contributed by atoms with Gasteiger partial charge in [-0.25, -0.2) is 0 Å². The summed E-state index contributed by atoms with van der Waals surface area (Å²) in [5.41, 5.74) is 0.697. The second-order valence-corrected chi connectivity index (χ2v) is 3.42. The molecule has 0 saturated heterocycles. The van der Waals surface area contributed by atoms with E-state index < -0.39 is 5.97 Å².